The third kappa shape index (κ3) is 7.79. The van der Waals surface area contributed by atoms with E-state index in [0.717, 1.165) is 61.8 Å². The van der Waals surface area contributed by atoms with Gasteiger partial charge in [-0.05, 0) is 147 Å². The summed E-state index contributed by atoms with van der Waals surface area (Å²) in [7, 11) is 1.73. The van der Waals surface area contributed by atoms with E-state index in [2.05, 4.69) is 274 Å². The van der Waals surface area contributed by atoms with Gasteiger partial charge in [0.05, 0.1) is 12.8 Å². The van der Waals surface area contributed by atoms with Crippen molar-refractivity contribution in [3.05, 3.63) is 254 Å². The third-order valence-corrected chi connectivity index (χ3v) is 14.3. The topological polar surface area (TPSA) is 12.5 Å². The van der Waals surface area contributed by atoms with Gasteiger partial charge in [-0.3, -0.25) is 0 Å². The standard InChI is InChI=1S/C69H53NO/c1-69(2,3)55-38-30-52(31-39-55)66-63(46-18-9-5-10-19-46)64(47-20-11-6-12-21-47)68(54-34-42-58(71-4)43-35-54)65(48-22-13-7-14-23-48)67(66)53-32-40-57(41-33-53)70(56-26-15-8-16-27-56)60-45-37-51-29-28-49-24-17-25-50-36-44-59(60)62(51)61(49)50/h5-45H,1-4H3. The highest BCUT2D eigenvalue weighted by atomic mass is 16.5. The van der Waals surface area contributed by atoms with Crippen LogP contribution in [0.15, 0.2) is 249 Å². The second kappa shape index (κ2) is 18.0. The van der Waals surface area contributed by atoms with Gasteiger partial charge in [-0.1, -0.05) is 227 Å². The zero-order valence-electron chi connectivity index (χ0n) is 40.5. The first-order valence-electron chi connectivity index (χ1n) is 24.6. The lowest BCUT2D eigenvalue weighted by Crippen LogP contribution is -2.11. The second-order valence-electron chi connectivity index (χ2n) is 19.6. The number of para-hydroxylation sites is 1. The maximum absolute atomic E-state index is 5.78. The lowest BCUT2D eigenvalue weighted by atomic mass is 9.74. The molecule has 12 aromatic carbocycles. The lowest BCUT2D eigenvalue weighted by molar-refractivity contribution is 0.415. The molecule has 0 amide bonds. The first-order valence-corrected chi connectivity index (χ1v) is 24.6. The molecule has 2 nitrogen and oxygen atoms in total. The maximum Gasteiger partial charge on any atom is 0.118 e. The quantitative estimate of drug-likeness (QED) is 0.127. The van der Waals surface area contributed by atoms with Gasteiger partial charge in [0.2, 0.25) is 0 Å². The first-order chi connectivity index (χ1) is 34.8. The molecule has 340 valence electrons. The van der Waals surface area contributed by atoms with E-state index in [9.17, 15) is 0 Å². The molecule has 0 heterocycles. The summed E-state index contributed by atoms with van der Waals surface area (Å²) in [5.74, 6) is 0.818. The summed E-state index contributed by atoms with van der Waals surface area (Å²) in [6.07, 6.45) is 0. The van der Waals surface area contributed by atoms with E-state index in [1.54, 1.807) is 7.11 Å². The highest BCUT2D eigenvalue weighted by Crippen LogP contribution is 2.56. The number of anilines is 3. The van der Waals surface area contributed by atoms with Gasteiger partial charge < -0.3 is 9.64 Å². The molecule has 0 unspecified atom stereocenters. The molecule has 0 aromatic heterocycles. The predicted octanol–water partition coefficient (Wildman–Crippen LogP) is 19.4. The molecular formula is C69H53NO. The van der Waals surface area contributed by atoms with E-state index in [4.69, 9.17) is 4.74 Å². The Morgan fingerprint density at radius 3 is 1.13 bits per heavy atom. The van der Waals surface area contributed by atoms with Gasteiger partial charge in [0.15, 0.2) is 0 Å². The number of ether oxygens (including phenoxy) is 1. The lowest BCUT2D eigenvalue weighted by Gasteiger charge is -2.30. The number of methoxy groups -OCH3 is 1. The SMILES string of the molecule is COc1ccc(-c2c(-c3ccccc3)c(-c3ccccc3)c(-c3ccc(C(C)(C)C)cc3)c(-c3ccc(N(c4ccccc4)c4ccc5ccc6cccc7ccc4c5c67)cc3)c2-c2ccccc2)cc1. The number of hydrogen-bond donors (Lipinski definition) is 0. The van der Waals surface area contributed by atoms with Crippen molar-refractivity contribution in [2.24, 2.45) is 0 Å². The van der Waals surface area contributed by atoms with E-state index in [0.29, 0.717) is 0 Å². The van der Waals surface area contributed by atoms with Crippen LogP contribution >= 0.6 is 0 Å². The van der Waals surface area contributed by atoms with Crippen molar-refractivity contribution < 1.29 is 4.74 Å². The summed E-state index contributed by atoms with van der Waals surface area (Å²) < 4.78 is 5.78. The molecule has 0 aliphatic rings. The minimum Gasteiger partial charge on any atom is -0.497 e. The van der Waals surface area contributed by atoms with Gasteiger partial charge in [-0.15, -0.1) is 0 Å². The summed E-state index contributed by atoms with van der Waals surface area (Å²) >= 11 is 0. The molecule has 12 rings (SSSR count). The highest BCUT2D eigenvalue weighted by molar-refractivity contribution is 6.26. The average molecular weight is 912 g/mol. The Labute approximate surface area is 417 Å². The largest absolute Gasteiger partial charge is 0.497 e. The molecule has 0 spiro atoms. The first kappa shape index (κ1) is 43.6. The molecule has 71 heavy (non-hydrogen) atoms. The average Bonchev–Trinajstić information content (AvgIpc) is 3.43. The van der Waals surface area contributed by atoms with Crippen LogP contribution in [0.3, 0.4) is 0 Å². The molecular weight excluding hydrogens is 859 g/mol. The Kier molecular flexibility index (Phi) is 11.0. The second-order valence-corrected chi connectivity index (χ2v) is 19.6. The molecule has 0 fully saturated rings. The predicted molar refractivity (Wildman–Crippen MR) is 303 cm³/mol. The van der Waals surface area contributed by atoms with E-state index in [1.807, 2.05) is 0 Å². The van der Waals surface area contributed by atoms with E-state index in [-0.39, 0.29) is 5.41 Å². The van der Waals surface area contributed by atoms with Gasteiger partial charge in [-0.25, -0.2) is 0 Å². The number of benzene rings is 12. The van der Waals surface area contributed by atoms with E-state index < -0.39 is 0 Å². The summed E-state index contributed by atoms with van der Waals surface area (Å²) in [5.41, 5.74) is 18.5. The van der Waals surface area contributed by atoms with Crippen LogP contribution in [0.2, 0.25) is 0 Å². The molecule has 0 radical (unpaired) electrons. The molecule has 2 heteroatoms. The van der Waals surface area contributed by atoms with Crippen molar-refractivity contribution in [2.45, 2.75) is 26.2 Å². The molecule has 12 aromatic rings. The molecule has 0 N–H and O–H groups in total. The minimum absolute atomic E-state index is 0.0125. The normalized spacial score (nSPS) is 11.7. The van der Waals surface area contributed by atoms with Crippen LogP contribution in [0.5, 0.6) is 5.75 Å². The van der Waals surface area contributed by atoms with Crippen LogP contribution in [0.4, 0.5) is 17.1 Å². The Morgan fingerprint density at radius 2 is 0.676 bits per heavy atom. The van der Waals surface area contributed by atoms with Crippen LogP contribution in [-0.2, 0) is 5.41 Å². The van der Waals surface area contributed by atoms with Crippen molar-refractivity contribution >= 4 is 49.4 Å². The molecule has 0 saturated heterocycles. The zero-order valence-corrected chi connectivity index (χ0v) is 40.5. The number of rotatable bonds is 10. The van der Waals surface area contributed by atoms with Gasteiger partial charge in [0, 0.05) is 16.8 Å². The van der Waals surface area contributed by atoms with Crippen molar-refractivity contribution in [1.29, 1.82) is 0 Å². The molecule has 0 aliphatic carbocycles. The summed E-state index contributed by atoms with van der Waals surface area (Å²) in [5, 5.41) is 7.59. The Bertz CT molecular complexity index is 3800. The Morgan fingerprint density at radius 1 is 0.310 bits per heavy atom. The molecule has 0 atom stereocenters. The van der Waals surface area contributed by atoms with Gasteiger partial charge in [0.25, 0.3) is 0 Å². The summed E-state index contributed by atoms with van der Waals surface area (Å²) in [6, 6.07) is 91.4. The maximum atomic E-state index is 5.78. The van der Waals surface area contributed by atoms with Crippen molar-refractivity contribution in [3.63, 3.8) is 0 Å². The molecule has 0 aliphatic heterocycles. The van der Waals surface area contributed by atoms with E-state index >= 15 is 0 Å². The van der Waals surface area contributed by atoms with E-state index in [1.165, 1.54) is 65.7 Å². The van der Waals surface area contributed by atoms with Gasteiger partial charge in [-0.2, -0.15) is 0 Å². The van der Waals surface area contributed by atoms with Crippen LogP contribution in [0.25, 0.3) is 99.1 Å². The van der Waals surface area contributed by atoms with Crippen molar-refractivity contribution in [3.8, 4) is 72.5 Å². The summed E-state index contributed by atoms with van der Waals surface area (Å²) in [6.45, 7) is 6.86. The molecule has 0 bridgehead atoms. The number of nitrogens with zero attached hydrogens (tertiary/aromatic N) is 1. The smallest absolute Gasteiger partial charge is 0.118 e. The van der Waals surface area contributed by atoms with Crippen LogP contribution in [0, 0.1) is 0 Å². The van der Waals surface area contributed by atoms with Crippen LogP contribution in [0.1, 0.15) is 26.3 Å². The fraction of sp³-hybridized carbons (Fsp3) is 0.0725. The minimum atomic E-state index is -0.0125. The monoisotopic (exact) mass is 911 g/mol. The van der Waals surface area contributed by atoms with Crippen LogP contribution < -0.4 is 9.64 Å². The summed E-state index contributed by atoms with van der Waals surface area (Å²) in [4.78, 5) is 2.43. The zero-order chi connectivity index (χ0) is 48.1. The Balaban J connectivity index is 1.19. The fourth-order valence-electron chi connectivity index (χ4n) is 10.9. The van der Waals surface area contributed by atoms with Crippen molar-refractivity contribution in [1.82, 2.24) is 0 Å². The van der Waals surface area contributed by atoms with Gasteiger partial charge in [0.1, 0.15) is 5.75 Å². The van der Waals surface area contributed by atoms with Crippen molar-refractivity contribution in [2.75, 3.05) is 12.0 Å². The molecule has 0 saturated carbocycles. The fourth-order valence-corrected chi connectivity index (χ4v) is 10.9. The number of hydrogen-bond acceptors (Lipinski definition) is 2. The Hall–Kier alpha value is -8.72. The van der Waals surface area contributed by atoms with Crippen LogP contribution in [-0.4, -0.2) is 7.11 Å². The highest BCUT2D eigenvalue weighted by Gasteiger charge is 2.30. The third-order valence-electron chi connectivity index (χ3n) is 14.3. The van der Waals surface area contributed by atoms with Gasteiger partial charge >= 0.3 is 0 Å².